The Morgan fingerprint density at radius 1 is 1.39 bits per heavy atom. The van der Waals surface area contributed by atoms with Gasteiger partial charge in [-0.15, -0.1) is 11.8 Å². The van der Waals surface area contributed by atoms with Crippen molar-refractivity contribution in [2.45, 2.75) is 30.9 Å². The Bertz CT molecular complexity index is 460. The number of benzene rings is 1. The molecule has 0 aliphatic rings. The zero-order valence-electron chi connectivity index (χ0n) is 10.7. The first kappa shape index (κ1) is 14.6. The number of amides is 1. The molecule has 0 aliphatic carbocycles. The molecule has 1 aromatic rings. The van der Waals surface area contributed by atoms with Gasteiger partial charge in [0, 0.05) is 4.90 Å². The van der Waals surface area contributed by atoms with Gasteiger partial charge < -0.3 is 10.4 Å². The fourth-order valence-electron chi connectivity index (χ4n) is 1.48. The maximum atomic E-state index is 11.6. The number of carboxylic acid groups (broad SMARTS) is 1. The number of hydrogen-bond donors (Lipinski definition) is 2. The first-order valence-corrected chi connectivity index (χ1v) is 6.51. The SMILES string of the molecule is Cc1ccc(SC(C)C(=O)NCC(=O)O)c(C)c1. The monoisotopic (exact) mass is 267 g/mol. The van der Waals surface area contributed by atoms with Crippen molar-refractivity contribution in [3.8, 4) is 0 Å². The van der Waals surface area contributed by atoms with Crippen molar-refractivity contribution in [1.29, 1.82) is 0 Å². The number of aliphatic carboxylic acids is 1. The van der Waals surface area contributed by atoms with E-state index < -0.39 is 5.97 Å². The normalized spacial score (nSPS) is 11.9. The van der Waals surface area contributed by atoms with E-state index in [4.69, 9.17) is 5.11 Å². The molecule has 1 unspecified atom stereocenters. The Hall–Kier alpha value is -1.49. The molecule has 2 N–H and O–H groups in total. The van der Waals surface area contributed by atoms with Crippen LogP contribution in [0.3, 0.4) is 0 Å². The van der Waals surface area contributed by atoms with Crippen molar-refractivity contribution in [2.75, 3.05) is 6.54 Å². The van der Waals surface area contributed by atoms with Crippen LogP contribution in [0.2, 0.25) is 0 Å². The van der Waals surface area contributed by atoms with Gasteiger partial charge in [0.25, 0.3) is 0 Å². The van der Waals surface area contributed by atoms with Gasteiger partial charge in [-0.05, 0) is 32.4 Å². The molecule has 1 amide bonds. The highest BCUT2D eigenvalue weighted by molar-refractivity contribution is 8.00. The highest BCUT2D eigenvalue weighted by atomic mass is 32.2. The van der Waals surface area contributed by atoms with E-state index in [2.05, 4.69) is 11.4 Å². The quantitative estimate of drug-likeness (QED) is 0.801. The maximum Gasteiger partial charge on any atom is 0.322 e. The average Bonchev–Trinajstić information content (AvgIpc) is 2.29. The summed E-state index contributed by atoms with van der Waals surface area (Å²) >= 11 is 1.43. The Morgan fingerprint density at radius 2 is 2.06 bits per heavy atom. The van der Waals surface area contributed by atoms with Crippen LogP contribution >= 0.6 is 11.8 Å². The van der Waals surface area contributed by atoms with Gasteiger partial charge >= 0.3 is 5.97 Å². The molecular formula is C13H17NO3S. The van der Waals surface area contributed by atoms with Crippen molar-refractivity contribution in [3.05, 3.63) is 29.3 Å². The van der Waals surface area contributed by atoms with E-state index in [1.54, 1.807) is 6.92 Å². The van der Waals surface area contributed by atoms with Crippen LogP contribution in [0.15, 0.2) is 23.1 Å². The molecule has 0 aliphatic heterocycles. The van der Waals surface area contributed by atoms with Gasteiger partial charge in [0.15, 0.2) is 0 Å². The van der Waals surface area contributed by atoms with E-state index >= 15 is 0 Å². The van der Waals surface area contributed by atoms with Crippen molar-refractivity contribution in [2.24, 2.45) is 0 Å². The Balaban J connectivity index is 2.60. The topological polar surface area (TPSA) is 66.4 Å². The van der Waals surface area contributed by atoms with E-state index in [0.717, 1.165) is 10.5 Å². The van der Waals surface area contributed by atoms with Crippen molar-refractivity contribution < 1.29 is 14.7 Å². The van der Waals surface area contributed by atoms with Gasteiger partial charge in [0.05, 0.1) is 5.25 Å². The van der Waals surface area contributed by atoms with Crippen LogP contribution < -0.4 is 5.32 Å². The lowest BCUT2D eigenvalue weighted by Crippen LogP contribution is -2.34. The minimum Gasteiger partial charge on any atom is -0.480 e. The van der Waals surface area contributed by atoms with E-state index in [1.807, 2.05) is 26.0 Å². The smallest absolute Gasteiger partial charge is 0.322 e. The summed E-state index contributed by atoms with van der Waals surface area (Å²) < 4.78 is 0. The van der Waals surface area contributed by atoms with E-state index in [9.17, 15) is 9.59 Å². The first-order valence-electron chi connectivity index (χ1n) is 5.63. The van der Waals surface area contributed by atoms with Gasteiger partial charge in [-0.1, -0.05) is 17.7 Å². The molecule has 1 aromatic carbocycles. The molecule has 0 spiro atoms. The molecule has 0 bridgehead atoms. The Morgan fingerprint density at radius 3 is 2.61 bits per heavy atom. The second kappa shape index (κ2) is 6.44. The lowest BCUT2D eigenvalue weighted by atomic mass is 10.2. The summed E-state index contributed by atoms with van der Waals surface area (Å²) in [5.74, 6) is -1.30. The fraction of sp³-hybridized carbons (Fsp3) is 0.385. The van der Waals surface area contributed by atoms with E-state index in [1.165, 1.54) is 17.3 Å². The number of nitrogens with one attached hydrogen (secondary N) is 1. The molecule has 0 heterocycles. The molecule has 0 saturated carbocycles. The third-order valence-electron chi connectivity index (χ3n) is 2.42. The number of thioether (sulfide) groups is 1. The molecule has 0 aromatic heterocycles. The number of hydrogen-bond acceptors (Lipinski definition) is 3. The zero-order valence-corrected chi connectivity index (χ0v) is 11.5. The van der Waals surface area contributed by atoms with Gasteiger partial charge in [0.1, 0.15) is 6.54 Å². The lowest BCUT2D eigenvalue weighted by Gasteiger charge is -2.12. The summed E-state index contributed by atoms with van der Waals surface area (Å²) in [7, 11) is 0. The lowest BCUT2D eigenvalue weighted by molar-refractivity contribution is -0.137. The zero-order chi connectivity index (χ0) is 13.7. The molecule has 4 nitrogen and oxygen atoms in total. The largest absolute Gasteiger partial charge is 0.480 e. The minimum atomic E-state index is -1.04. The molecule has 1 atom stereocenters. The predicted molar refractivity (Wildman–Crippen MR) is 71.9 cm³/mol. The molecule has 1 rings (SSSR count). The molecular weight excluding hydrogens is 250 g/mol. The van der Waals surface area contributed by atoms with Crippen molar-refractivity contribution >= 4 is 23.6 Å². The Kier molecular flexibility index (Phi) is 5.22. The molecule has 98 valence electrons. The second-order valence-corrected chi connectivity index (χ2v) is 5.52. The number of carbonyl (C=O) groups is 2. The maximum absolute atomic E-state index is 11.6. The highest BCUT2D eigenvalue weighted by Gasteiger charge is 2.15. The second-order valence-electron chi connectivity index (χ2n) is 4.14. The van der Waals surface area contributed by atoms with Crippen LogP contribution in [0, 0.1) is 13.8 Å². The number of aryl methyl sites for hydroxylation is 2. The molecule has 0 radical (unpaired) electrons. The van der Waals surface area contributed by atoms with Gasteiger partial charge in [0.2, 0.25) is 5.91 Å². The molecule has 5 heteroatoms. The minimum absolute atomic E-state index is 0.262. The third-order valence-corrected chi connectivity index (χ3v) is 3.70. The van der Waals surface area contributed by atoms with Crippen LogP contribution in [-0.2, 0) is 9.59 Å². The van der Waals surface area contributed by atoms with Crippen LogP contribution in [0.4, 0.5) is 0 Å². The summed E-state index contributed by atoms with van der Waals surface area (Å²) in [6.07, 6.45) is 0. The summed E-state index contributed by atoms with van der Waals surface area (Å²) in [6, 6.07) is 6.04. The van der Waals surface area contributed by atoms with Crippen LogP contribution in [-0.4, -0.2) is 28.8 Å². The predicted octanol–water partition coefficient (Wildman–Crippen LogP) is 1.98. The van der Waals surface area contributed by atoms with Gasteiger partial charge in [-0.3, -0.25) is 9.59 Å². The fourth-order valence-corrected chi connectivity index (χ4v) is 2.44. The summed E-state index contributed by atoms with van der Waals surface area (Å²) in [5, 5.41) is 10.5. The van der Waals surface area contributed by atoms with Crippen molar-refractivity contribution in [3.63, 3.8) is 0 Å². The first-order chi connectivity index (χ1) is 8.40. The highest BCUT2D eigenvalue weighted by Crippen LogP contribution is 2.27. The van der Waals surface area contributed by atoms with Gasteiger partial charge in [-0.25, -0.2) is 0 Å². The summed E-state index contributed by atoms with van der Waals surface area (Å²) in [6.45, 7) is 5.44. The molecule has 18 heavy (non-hydrogen) atoms. The number of rotatable bonds is 5. The number of carboxylic acids is 1. The van der Waals surface area contributed by atoms with E-state index in [-0.39, 0.29) is 17.7 Å². The van der Waals surface area contributed by atoms with Crippen LogP contribution in [0.1, 0.15) is 18.1 Å². The average molecular weight is 267 g/mol. The Labute approximate surface area is 111 Å². The summed E-state index contributed by atoms with van der Waals surface area (Å²) in [4.78, 5) is 23.0. The standard InChI is InChI=1S/C13H17NO3S/c1-8-4-5-11(9(2)6-8)18-10(3)13(17)14-7-12(15)16/h4-6,10H,7H2,1-3H3,(H,14,17)(H,15,16). The molecule has 0 saturated heterocycles. The number of carbonyl (C=O) groups excluding carboxylic acids is 1. The molecule has 0 fully saturated rings. The summed E-state index contributed by atoms with van der Waals surface area (Å²) in [5.41, 5.74) is 2.30. The van der Waals surface area contributed by atoms with Crippen LogP contribution in [0.5, 0.6) is 0 Å². The third kappa shape index (κ3) is 4.41. The van der Waals surface area contributed by atoms with Crippen LogP contribution in [0.25, 0.3) is 0 Å². The van der Waals surface area contributed by atoms with Crippen molar-refractivity contribution in [1.82, 2.24) is 5.32 Å². The van der Waals surface area contributed by atoms with Gasteiger partial charge in [-0.2, -0.15) is 0 Å². The van der Waals surface area contributed by atoms with E-state index in [0.29, 0.717) is 0 Å².